The second-order valence-corrected chi connectivity index (χ2v) is 5.07. The molecule has 3 nitrogen and oxygen atoms in total. The third kappa shape index (κ3) is 2.14. The number of aliphatic carboxylic acids is 1. The number of rotatable bonds is 1. The normalized spacial score (nSPS) is 21.8. The van der Waals surface area contributed by atoms with Crippen molar-refractivity contribution in [1.82, 2.24) is 0 Å². The second-order valence-electron chi connectivity index (χ2n) is 4.53. The summed E-state index contributed by atoms with van der Waals surface area (Å²) in [5.74, 6) is -2.14. The molecule has 1 unspecified atom stereocenters. The maximum Gasteiger partial charge on any atom is 0.448 e. The van der Waals surface area contributed by atoms with Crippen LogP contribution >= 0.6 is 11.6 Å². The number of aryl methyl sites for hydroxylation is 2. The Bertz CT molecular complexity index is 622. The Morgan fingerprint density at radius 3 is 2.45 bits per heavy atom. The summed E-state index contributed by atoms with van der Waals surface area (Å²) in [5.41, 5.74) is 0.342. The molecule has 0 radical (unpaired) electrons. The van der Waals surface area contributed by atoms with Gasteiger partial charge in [0.2, 0.25) is 0 Å². The largest absolute Gasteiger partial charge is 0.545 e. The van der Waals surface area contributed by atoms with Crippen molar-refractivity contribution in [3.8, 4) is 5.75 Å². The molecule has 0 saturated carbocycles. The molecule has 20 heavy (non-hydrogen) atoms. The minimum Gasteiger partial charge on any atom is -0.545 e. The number of fused-ring (bicyclic) bond motifs is 1. The molecule has 2 rings (SSSR count). The number of ether oxygens (including phenoxy) is 1. The third-order valence-electron chi connectivity index (χ3n) is 2.96. The fourth-order valence-electron chi connectivity index (χ4n) is 2.05. The number of benzene rings is 1. The Hall–Kier alpha value is -1.69. The molecule has 1 aliphatic rings. The van der Waals surface area contributed by atoms with Crippen molar-refractivity contribution in [2.45, 2.75) is 25.1 Å². The number of hydrogen-bond donors (Lipinski definition) is 0. The average molecular weight is 306 g/mol. The summed E-state index contributed by atoms with van der Waals surface area (Å²) in [6.45, 7) is 3.31. The Morgan fingerprint density at radius 2 is 1.95 bits per heavy atom. The van der Waals surface area contributed by atoms with Crippen LogP contribution in [0.5, 0.6) is 5.75 Å². The molecular formula is C13H9ClF3O3-. The van der Waals surface area contributed by atoms with E-state index in [1.807, 2.05) is 0 Å². The van der Waals surface area contributed by atoms with Gasteiger partial charge in [0.05, 0.1) is 5.97 Å². The Labute approximate surface area is 117 Å². The molecule has 1 atom stereocenters. The van der Waals surface area contributed by atoms with Crippen molar-refractivity contribution in [3.05, 3.63) is 34.4 Å². The number of carboxylic acids is 1. The van der Waals surface area contributed by atoms with Gasteiger partial charge < -0.3 is 14.6 Å². The summed E-state index contributed by atoms with van der Waals surface area (Å²) < 4.78 is 43.9. The minimum atomic E-state index is -5.10. The molecule has 108 valence electrons. The molecule has 0 spiro atoms. The zero-order valence-electron chi connectivity index (χ0n) is 10.5. The van der Waals surface area contributed by atoms with E-state index in [9.17, 15) is 23.1 Å². The molecule has 0 amide bonds. The summed E-state index contributed by atoms with van der Waals surface area (Å²) in [5, 5.41) is 7.52. The molecule has 0 aromatic heterocycles. The van der Waals surface area contributed by atoms with Crippen molar-refractivity contribution in [2.75, 3.05) is 0 Å². The van der Waals surface area contributed by atoms with Crippen LogP contribution in [0, 0.1) is 13.8 Å². The lowest BCUT2D eigenvalue weighted by molar-refractivity contribution is -0.303. The van der Waals surface area contributed by atoms with Crippen LogP contribution in [0.25, 0.3) is 6.08 Å². The van der Waals surface area contributed by atoms with Crippen molar-refractivity contribution in [2.24, 2.45) is 0 Å². The zero-order chi connectivity index (χ0) is 15.3. The van der Waals surface area contributed by atoms with E-state index < -0.39 is 22.8 Å². The highest BCUT2D eigenvalue weighted by molar-refractivity contribution is 6.29. The lowest BCUT2D eigenvalue weighted by Gasteiger charge is -2.36. The van der Waals surface area contributed by atoms with E-state index >= 15 is 0 Å². The van der Waals surface area contributed by atoms with Crippen LogP contribution in [0.3, 0.4) is 0 Å². The zero-order valence-corrected chi connectivity index (χ0v) is 11.2. The molecule has 0 bridgehead atoms. The van der Waals surface area contributed by atoms with E-state index in [1.165, 1.54) is 6.07 Å². The van der Waals surface area contributed by atoms with E-state index in [-0.39, 0.29) is 11.3 Å². The number of carbonyl (C=O) groups excluding carboxylic acids is 1. The molecule has 0 aliphatic carbocycles. The maximum absolute atomic E-state index is 13.0. The lowest BCUT2D eigenvalue weighted by atomic mass is 9.96. The number of halogens is 4. The summed E-state index contributed by atoms with van der Waals surface area (Å²) in [6, 6.07) is 3.06. The van der Waals surface area contributed by atoms with Crippen LogP contribution in [0.15, 0.2) is 17.7 Å². The van der Waals surface area contributed by atoms with Crippen LogP contribution in [0.4, 0.5) is 13.2 Å². The number of carboxylic acid groups (broad SMARTS) is 1. The molecule has 1 aromatic carbocycles. The van der Waals surface area contributed by atoms with Gasteiger partial charge in [0.15, 0.2) is 0 Å². The first kappa shape index (κ1) is 14.7. The summed E-state index contributed by atoms with van der Waals surface area (Å²) >= 11 is 5.41. The van der Waals surface area contributed by atoms with Gasteiger partial charge in [-0.1, -0.05) is 17.7 Å². The van der Waals surface area contributed by atoms with Crippen molar-refractivity contribution in [3.63, 3.8) is 0 Å². The van der Waals surface area contributed by atoms with Crippen molar-refractivity contribution in [1.29, 1.82) is 0 Å². The average Bonchev–Trinajstić information content (AvgIpc) is 2.25. The number of carbonyl (C=O) groups is 1. The van der Waals surface area contributed by atoms with Gasteiger partial charge in [-0.3, -0.25) is 0 Å². The van der Waals surface area contributed by atoms with E-state index in [4.69, 9.17) is 16.3 Å². The standard InChI is InChI=1S/C13H10ClF3O3/c1-6-3-7(2)8-5-9(11(18)19)12(14,13(15,16)17)20-10(8)4-6/h3-5H,1-2H3,(H,18,19)/p-1. The van der Waals surface area contributed by atoms with E-state index in [2.05, 4.69) is 0 Å². The predicted octanol–water partition coefficient (Wildman–Crippen LogP) is 2.33. The van der Waals surface area contributed by atoms with Gasteiger partial charge in [0.25, 0.3) is 0 Å². The fraction of sp³-hybridized carbons (Fsp3) is 0.308. The van der Waals surface area contributed by atoms with Gasteiger partial charge in [0.1, 0.15) is 5.75 Å². The first-order chi connectivity index (χ1) is 9.06. The van der Waals surface area contributed by atoms with Crippen LogP contribution in [0.1, 0.15) is 16.7 Å². The van der Waals surface area contributed by atoms with Gasteiger partial charge in [-0.15, -0.1) is 0 Å². The highest BCUT2D eigenvalue weighted by atomic mass is 35.5. The van der Waals surface area contributed by atoms with Crippen molar-refractivity contribution < 1.29 is 27.8 Å². The molecule has 1 aliphatic heterocycles. The highest BCUT2D eigenvalue weighted by Crippen LogP contribution is 2.48. The van der Waals surface area contributed by atoms with Crippen LogP contribution in [-0.2, 0) is 4.79 Å². The Morgan fingerprint density at radius 1 is 1.35 bits per heavy atom. The highest BCUT2D eigenvalue weighted by Gasteiger charge is 2.60. The summed E-state index contributed by atoms with van der Waals surface area (Å²) in [4.78, 5) is 11.0. The van der Waals surface area contributed by atoms with Crippen LogP contribution in [0.2, 0.25) is 0 Å². The first-order valence-corrected chi connectivity index (χ1v) is 5.93. The molecule has 1 heterocycles. The smallest absolute Gasteiger partial charge is 0.448 e. The molecule has 0 fully saturated rings. The molecule has 0 N–H and O–H groups in total. The SMILES string of the molecule is Cc1cc(C)c2c(c1)OC(Cl)(C(F)(F)F)C(C(=O)[O-])=C2. The molecule has 0 saturated heterocycles. The Kier molecular flexibility index (Phi) is 3.25. The molecule has 1 aromatic rings. The van der Waals surface area contributed by atoms with E-state index in [0.717, 1.165) is 6.08 Å². The number of hydrogen-bond acceptors (Lipinski definition) is 3. The fourth-order valence-corrected chi connectivity index (χ4v) is 2.27. The summed E-state index contributed by atoms with van der Waals surface area (Å²) in [7, 11) is 0. The van der Waals surface area contributed by atoms with Gasteiger partial charge in [-0.25, -0.2) is 0 Å². The first-order valence-electron chi connectivity index (χ1n) is 5.55. The van der Waals surface area contributed by atoms with E-state index in [0.29, 0.717) is 11.1 Å². The second kappa shape index (κ2) is 4.41. The van der Waals surface area contributed by atoms with Crippen molar-refractivity contribution >= 4 is 23.6 Å². The number of alkyl halides is 4. The Balaban J connectivity index is 2.72. The topological polar surface area (TPSA) is 49.4 Å². The monoisotopic (exact) mass is 305 g/mol. The molecular weight excluding hydrogens is 297 g/mol. The predicted molar refractivity (Wildman–Crippen MR) is 64.2 cm³/mol. The summed E-state index contributed by atoms with van der Waals surface area (Å²) in [6.07, 6.45) is -4.25. The van der Waals surface area contributed by atoms with Gasteiger partial charge in [0, 0.05) is 11.1 Å². The van der Waals surface area contributed by atoms with Gasteiger partial charge in [-0.2, -0.15) is 13.2 Å². The quantitative estimate of drug-likeness (QED) is 0.748. The minimum absolute atomic E-state index is 0.111. The lowest BCUT2D eigenvalue weighted by Crippen LogP contribution is -2.52. The van der Waals surface area contributed by atoms with Gasteiger partial charge in [-0.05, 0) is 37.1 Å². The van der Waals surface area contributed by atoms with Crippen LogP contribution in [-0.4, -0.2) is 17.2 Å². The third-order valence-corrected chi connectivity index (χ3v) is 3.46. The van der Waals surface area contributed by atoms with Crippen LogP contribution < -0.4 is 9.84 Å². The molecule has 7 heteroatoms. The van der Waals surface area contributed by atoms with Gasteiger partial charge >= 0.3 is 11.2 Å². The van der Waals surface area contributed by atoms with E-state index in [1.54, 1.807) is 19.9 Å². The maximum atomic E-state index is 13.0.